The Balaban J connectivity index is 1.47. The van der Waals surface area contributed by atoms with Gasteiger partial charge in [-0.15, -0.1) is 0 Å². The molecule has 1 atom stereocenters. The number of aromatic nitrogens is 3. The van der Waals surface area contributed by atoms with Crippen molar-refractivity contribution in [3.05, 3.63) is 76.2 Å². The summed E-state index contributed by atoms with van der Waals surface area (Å²) in [5.74, 6) is 0.888. The third-order valence-corrected chi connectivity index (χ3v) is 6.67. The predicted molar refractivity (Wildman–Crippen MR) is 141 cm³/mol. The van der Waals surface area contributed by atoms with Crippen LogP contribution in [-0.4, -0.2) is 50.5 Å². The summed E-state index contributed by atoms with van der Waals surface area (Å²) in [6.07, 6.45) is 2.88. The lowest BCUT2D eigenvalue weighted by molar-refractivity contribution is -0.154. The number of alkyl halides is 2. The van der Waals surface area contributed by atoms with Gasteiger partial charge in [0.05, 0.1) is 24.3 Å². The number of aryl methyl sites for hydroxylation is 1. The van der Waals surface area contributed by atoms with E-state index in [9.17, 15) is 18.4 Å². The van der Waals surface area contributed by atoms with Gasteiger partial charge in [-0.05, 0) is 37.1 Å². The fraction of sp³-hybridized carbons (Fsp3) is 0.357. The van der Waals surface area contributed by atoms with Gasteiger partial charge in [-0.25, -0.2) is 13.8 Å². The topological polar surface area (TPSA) is 80.1 Å². The monoisotopic (exact) mass is 539 g/mol. The van der Waals surface area contributed by atoms with Gasteiger partial charge in [-0.2, -0.15) is 5.10 Å². The number of anilines is 1. The van der Waals surface area contributed by atoms with E-state index in [2.05, 4.69) is 27.2 Å². The largest absolute Gasteiger partial charge is 0.336 e. The van der Waals surface area contributed by atoms with Crippen LogP contribution in [0.2, 0.25) is 5.02 Å². The van der Waals surface area contributed by atoms with Gasteiger partial charge in [0.15, 0.2) is 0 Å². The van der Waals surface area contributed by atoms with Crippen LogP contribution in [0.1, 0.15) is 47.4 Å². The van der Waals surface area contributed by atoms with E-state index in [0.717, 1.165) is 5.56 Å². The number of carbonyl (C=O) groups is 2. The maximum Gasteiger partial charge on any atom is 0.276 e. The zero-order valence-electron chi connectivity index (χ0n) is 21.3. The molecular weight excluding hydrogens is 512 g/mol. The van der Waals surface area contributed by atoms with E-state index >= 15 is 0 Å². The molecule has 0 bridgehead atoms. The Morgan fingerprint density at radius 1 is 1.18 bits per heavy atom. The third-order valence-electron chi connectivity index (χ3n) is 6.39. The Hall–Kier alpha value is -3.77. The van der Waals surface area contributed by atoms with Crippen LogP contribution in [0.25, 0.3) is 0 Å². The molecule has 3 aromatic rings. The summed E-state index contributed by atoms with van der Waals surface area (Å²) in [5.41, 5.74) is 2.19. The summed E-state index contributed by atoms with van der Waals surface area (Å²) >= 11 is 6.24. The first-order valence-corrected chi connectivity index (χ1v) is 12.7. The van der Waals surface area contributed by atoms with E-state index in [1.165, 1.54) is 15.8 Å². The summed E-state index contributed by atoms with van der Waals surface area (Å²) in [6.45, 7) is 4.50. The van der Waals surface area contributed by atoms with Crippen molar-refractivity contribution in [2.75, 3.05) is 18.4 Å². The van der Waals surface area contributed by atoms with Crippen molar-refractivity contribution in [2.24, 2.45) is 11.8 Å². The fourth-order valence-electron chi connectivity index (χ4n) is 4.31. The van der Waals surface area contributed by atoms with Crippen LogP contribution in [0.15, 0.2) is 48.8 Å². The quantitative estimate of drug-likeness (QED) is 0.461. The second-order valence-corrected chi connectivity index (χ2v) is 10.1. The summed E-state index contributed by atoms with van der Waals surface area (Å²) in [7, 11) is 0. The van der Waals surface area contributed by atoms with Crippen molar-refractivity contribution in [3.63, 3.8) is 0 Å². The second-order valence-electron chi connectivity index (χ2n) is 9.64. The lowest BCUT2D eigenvalue weighted by Gasteiger charge is -2.39. The first-order chi connectivity index (χ1) is 18.0. The highest BCUT2D eigenvalue weighted by Crippen LogP contribution is 2.35. The van der Waals surface area contributed by atoms with Gasteiger partial charge in [-0.1, -0.05) is 55.5 Å². The number of halogens is 3. The van der Waals surface area contributed by atoms with Gasteiger partial charge in [0, 0.05) is 35.7 Å². The molecular formula is C28H28ClF2N5O2. The van der Waals surface area contributed by atoms with Crippen LogP contribution in [-0.2, 0) is 11.3 Å². The zero-order chi connectivity index (χ0) is 27.4. The maximum absolute atomic E-state index is 15.0. The molecule has 7 nitrogen and oxygen atoms in total. The fourth-order valence-corrected chi connectivity index (χ4v) is 4.53. The predicted octanol–water partition coefficient (Wildman–Crippen LogP) is 5.03. The maximum atomic E-state index is 15.0. The van der Waals surface area contributed by atoms with Gasteiger partial charge in [0.2, 0.25) is 5.91 Å². The average molecular weight is 540 g/mol. The van der Waals surface area contributed by atoms with Crippen molar-refractivity contribution in [2.45, 2.75) is 39.7 Å². The minimum Gasteiger partial charge on any atom is -0.336 e. The molecule has 0 aliphatic carbocycles. The van der Waals surface area contributed by atoms with Crippen LogP contribution in [0.3, 0.4) is 0 Å². The number of rotatable bonds is 5. The standard InChI is InChI=1S/C28H28ClF2N5O2/c1-18(2)27(38)35-12-11-22(28(30,31)17-35)16-36-24(23(29)15-33-36)26(37)34-25-19(3)13-21(14-32-25)10-9-20-7-5-4-6-8-20/h4-8,13-15,18,22H,11-12,16-17H2,1-3H3,(H,32,34,37). The number of carbonyl (C=O) groups excluding carboxylic acids is 2. The normalized spacial score (nSPS) is 16.6. The molecule has 1 N–H and O–H groups in total. The molecule has 198 valence electrons. The molecule has 38 heavy (non-hydrogen) atoms. The molecule has 0 radical (unpaired) electrons. The Morgan fingerprint density at radius 2 is 1.89 bits per heavy atom. The van der Waals surface area contributed by atoms with E-state index in [4.69, 9.17) is 11.6 Å². The van der Waals surface area contributed by atoms with Crippen LogP contribution < -0.4 is 5.32 Å². The average Bonchev–Trinajstić information content (AvgIpc) is 3.25. The zero-order valence-corrected chi connectivity index (χ0v) is 22.1. The number of pyridine rings is 1. The number of nitrogens with zero attached hydrogens (tertiary/aromatic N) is 4. The van der Waals surface area contributed by atoms with Crippen molar-refractivity contribution >= 4 is 29.2 Å². The van der Waals surface area contributed by atoms with Crippen LogP contribution in [0.5, 0.6) is 0 Å². The van der Waals surface area contributed by atoms with E-state index in [-0.39, 0.29) is 42.1 Å². The molecule has 3 heterocycles. The first kappa shape index (κ1) is 27.3. The Bertz CT molecular complexity index is 1400. The van der Waals surface area contributed by atoms with Gasteiger partial charge >= 0.3 is 0 Å². The Labute approximate surface area is 225 Å². The van der Waals surface area contributed by atoms with E-state index in [1.807, 2.05) is 30.3 Å². The smallest absolute Gasteiger partial charge is 0.276 e. The molecule has 10 heteroatoms. The van der Waals surface area contributed by atoms with Gasteiger partial charge < -0.3 is 10.2 Å². The van der Waals surface area contributed by atoms with Crippen LogP contribution in [0.4, 0.5) is 14.6 Å². The van der Waals surface area contributed by atoms with E-state index < -0.39 is 24.3 Å². The number of amides is 2. The van der Waals surface area contributed by atoms with Crippen molar-refractivity contribution < 1.29 is 18.4 Å². The first-order valence-electron chi connectivity index (χ1n) is 12.3. The Morgan fingerprint density at radius 3 is 2.55 bits per heavy atom. The molecule has 2 aromatic heterocycles. The third kappa shape index (κ3) is 6.20. The second kappa shape index (κ2) is 11.3. The molecule has 1 fully saturated rings. The van der Waals surface area contributed by atoms with E-state index in [1.54, 1.807) is 33.0 Å². The lowest BCUT2D eigenvalue weighted by Crippen LogP contribution is -2.52. The van der Waals surface area contributed by atoms with Gasteiger partial charge in [0.1, 0.15) is 11.5 Å². The summed E-state index contributed by atoms with van der Waals surface area (Å²) in [4.78, 5) is 30.8. The number of hydrogen-bond acceptors (Lipinski definition) is 4. The van der Waals surface area contributed by atoms with Crippen molar-refractivity contribution in [1.29, 1.82) is 0 Å². The van der Waals surface area contributed by atoms with Crippen molar-refractivity contribution in [3.8, 4) is 11.8 Å². The molecule has 1 aliphatic rings. The SMILES string of the molecule is Cc1cc(C#Cc2ccccc2)cnc1NC(=O)c1c(Cl)cnn1CC1CCN(C(=O)C(C)C)CC1(F)F. The molecule has 0 spiro atoms. The van der Waals surface area contributed by atoms with Crippen molar-refractivity contribution in [1.82, 2.24) is 19.7 Å². The molecule has 0 saturated carbocycles. The Kier molecular flexibility index (Phi) is 8.12. The molecule has 1 saturated heterocycles. The highest BCUT2D eigenvalue weighted by molar-refractivity contribution is 6.34. The lowest BCUT2D eigenvalue weighted by atomic mass is 9.92. The highest BCUT2D eigenvalue weighted by Gasteiger charge is 2.46. The van der Waals surface area contributed by atoms with Crippen LogP contribution in [0, 0.1) is 30.6 Å². The molecule has 1 aliphatic heterocycles. The number of hydrogen-bond donors (Lipinski definition) is 1. The van der Waals surface area contributed by atoms with Crippen LogP contribution >= 0.6 is 11.6 Å². The number of benzene rings is 1. The molecule has 2 amide bonds. The minimum absolute atomic E-state index is 0.0303. The molecule has 1 aromatic carbocycles. The number of likely N-dealkylation sites (tertiary alicyclic amines) is 1. The minimum atomic E-state index is -3.14. The molecule has 1 unspecified atom stereocenters. The summed E-state index contributed by atoms with van der Waals surface area (Å²) in [5, 5.41) is 6.83. The van der Waals surface area contributed by atoms with Gasteiger partial charge in [0.25, 0.3) is 11.8 Å². The van der Waals surface area contributed by atoms with Gasteiger partial charge in [-0.3, -0.25) is 14.3 Å². The summed E-state index contributed by atoms with van der Waals surface area (Å²) in [6, 6.07) is 11.3. The highest BCUT2D eigenvalue weighted by atomic mass is 35.5. The summed E-state index contributed by atoms with van der Waals surface area (Å²) < 4.78 is 31.2. The number of nitrogens with one attached hydrogen (secondary N) is 1. The van der Waals surface area contributed by atoms with E-state index in [0.29, 0.717) is 16.9 Å². The molecule has 4 rings (SSSR count). The number of piperidine rings is 1.